The molecule has 2 aromatic rings. The molecule has 2 aromatic heterocycles. The Morgan fingerprint density at radius 2 is 2.19 bits per heavy atom. The first-order chi connectivity index (χ1) is 10.1. The molecule has 1 N–H and O–H groups in total. The molecule has 1 fully saturated rings. The Labute approximate surface area is 122 Å². The van der Waals surface area contributed by atoms with E-state index >= 15 is 0 Å². The van der Waals surface area contributed by atoms with Crippen LogP contribution >= 0.6 is 0 Å². The topological polar surface area (TPSA) is 76.5 Å². The summed E-state index contributed by atoms with van der Waals surface area (Å²) in [5, 5.41) is 2.83. The summed E-state index contributed by atoms with van der Waals surface area (Å²) in [5.74, 6) is -0.174. The Hall–Kier alpha value is -2.11. The van der Waals surface area contributed by atoms with Crippen LogP contribution in [0.4, 0.5) is 0 Å². The predicted molar refractivity (Wildman–Crippen MR) is 77.7 cm³/mol. The highest BCUT2D eigenvalue weighted by Crippen LogP contribution is 2.33. The van der Waals surface area contributed by atoms with Crippen molar-refractivity contribution in [3.8, 4) is 0 Å². The predicted octanol–water partition coefficient (Wildman–Crippen LogP) is 2.17. The molecule has 1 saturated carbocycles. The number of ether oxygens (including phenoxy) is 1. The van der Waals surface area contributed by atoms with Crippen LogP contribution in [-0.4, -0.2) is 27.2 Å². The van der Waals surface area contributed by atoms with E-state index in [0.717, 1.165) is 36.9 Å². The summed E-state index contributed by atoms with van der Waals surface area (Å²) in [4.78, 5) is 29.0. The van der Waals surface area contributed by atoms with Crippen LogP contribution in [0.1, 0.15) is 60.1 Å². The molecule has 0 bridgehead atoms. The van der Waals surface area contributed by atoms with E-state index in [9.17, 15) is 9.59 Å². The normalized spacial score (nSPS) is 15.7. The van der Waals surface area contributed by atoms with Gasteiger partial charge < -0.3 is 4.74 Å². The Morgan fingerprint density at radius 3 is 2.86 bits per heavy atom. The number of aryl methyl sites for hydroxylation is 1. The first-order valence-electron chi connectivity index (χ1n) is 7.41. The quantitative estimate of drug-likeness (QED) is 0.878. The summed E-state index contributed by atoms with van der Waals surface area (Å²) in [7, 11) is 0. The number of H-pyrrole nitrogens is 1. The lowest BCUT2D eigenvalue weighted by Crippen LogP contribution is -2.24. The molecule has 6 nitrogen and oxygen atoms in total. The highest BCUT2D eigenvalue weighted by Gasteiger charge is 2.25. The number of hydrogen-bond acceptors (Lipinski definition) is 4. The largest absolute Gasteiger partial charge is 0.462 e. The fourth-order valence-electron chi connectivity index (χ4n) is 3.18. The second kappa shape index (κ2) is 5.35. The standard InChI is InChI=1S/C15H19N3O3/c1-3-21-15(20)11-8-16-18-13(11)17-9(2)12(14(18)19)10-6-4-5-7-10/h8,10,16H,3-7H2,1-2H3. The van der Waals surface area contributed by atoms with E-state index < -0.39 is 5.97 Å². The van der Waals surface area contributed by atoms with Crippen LogP contribution in [0.3, 0.4) is 0 Å². The van der Waals surface area contributed by atoms with E-state index in [-0.39, 0.29) is 11.5 Å². The molecule has 1 aliphatic rings. The van der Waals surface area contributed by atoms with Gasteiger partial charge in [-0.05, 0) is 32.6 Å². The van der Waals surface area contributed by atoms with Crippen molar-refractivity contribution in [3.63, 3.8) is 0 Å². The number of esters is 1. The van der Waals surface area contributed by atoms with E-state index in [0.29, 0.717) is 17.8 Å². The van der Waals surface area contributed by atoms with Gasteiger partial charge in [-0.2, -0.15) is 0 Å². The first-order valence-corrected chi connectivity index (χ1v) is 7.41. The van der Waals surface area contributed by atoms with Crippen molar-refractivity contribution in [3.05, 3.63) is 33.4 Å². The van der Waals surface area contributed by atoms with Gasteiger partial charge in [-0.1, -0.05) is 12.8 Å². The number of rotatable bonds is 3. The second-order valence-corrected chi connectivity index (χ2v) is 5.46. The van der Waals surface area contributed by atoms with Crippen molar-refractivity contribution in [2.24, 2.45) is 0 Å². The highest BCUT2D eigenvalue weighted by molar-refractivity contribution is 5.95. The highest BCUT2D eigenvalue weighted by atomic mass is 16.5. The van der Waals surface area contributed by atoms with Crippen LogP contribution in [-0.2, 0) is 4.74 Å². The number of carbonyl (C=O) groups excluding carboxylic acids is 1. The summed E-state index contributed by atoms with van der Waals surface area (Å²) in [6.07, 6.45) is 5.88. The molecule has 0 saturated heterocycles. The van der Waals surface area contributed by atoms with Gasteiger partial charge in [0.25, 0.3) is 5.56 Å². The number of nitrogens with zero attached hydrogens (tertiary/aromatic N) is 2. The third-order valence-corrected chi connectivity index (χ3v) is 4.15. The van der Waals surface area contributed by atoms with Gasteiger partial charge in [0.2, 0.25) is 0 Å². The van der Waals surface area contributed by atoms with E-state index in [1.807, 2.05) is 6.92 Å². The van der Waals surface area contributed by atoms with Gasteiger partial charge in [-0.3, -0.25) is 9.89 Å². The maximum Gasteiger partial charge on any atom is 0.343 e. The van der Waals surface area contributed by atoms with E-state index in [1.54, 1.807) is 6.92 Å². The number of carbonyl (C=O) groups is 1. The fraction of sp³-hybridized carbons (Fsp3) is 0.533. The average Bonchev–Trinajstić information content (AvgIpc) is 3.08. The Balaban J connectivity index is 2.14. The van der Waals surface area contributed by atoms with Crippen molar-refractivity contribution >= 4 is 11.6 Å². The van der Waals surface area contributed by atoms with Gasteiger partial charge in [0.05, 0.1) is 6.61 Å². The molecule has 0 aliphatic heterocycles. The monoisotopic (exact) mass is 289 g/mol. The van der Waals surface area contributed by atoms with Crippen LogP contribution in [0.5, 0.6) is 0 Å². The number of hydrogen-bond donors (Lipinski definition) is 1. The van der Waals surface area contributed by atoms with Gasteiger partial charge in [0.1, 0.15) is 5.56 Å². The number of nitrogens with one attached hydrogen (secondary N) is 1. The van der Waals surface area contributed by atoms with Crippen molar-refractivity contribution in [2.45, 2.75) is 45.4 Å². The van der Waals surface area contributed by atoms with Crippen molar-refractivity contribution in [1.82, 2.24) is 14.6 Å². The smallest absolute Gasteiger partial charge is 0.343 e. The third kappa shape index (κ3) is 2.24. The van der Waals surface area contributed by atoms with Gasteiger partial charge in [-0.15, -0.1) is 0 Å². The summed E-state index contributed by atoms with van der Waals surface area (Å²) in [6.45, 7) is 3.88. The molecule has 0 aromatic carbocycles. The molecule has 21 heavy (non-hydrogen) atoms. The van der Waals surface area contributed by atoms with Crippen LogP contribution < -0.4 is 5.56 Å². The molecule has 1 aliphatic carbocycles. The summed E-state index contributed by atoms with van der Waals surface area (Å²) >= 11 is 0. The van der Waals surface area contributed by atoms with Crippen LogP contribution in [0.25, 0.3) is 5.65 Å². The molecule has 0 unspecified atom stereocenters. The Bertz CT molecular complexity index is 738. The molecule has 6 heteroatoms. The SMILES string of the molecule is CCOC(=O)c1c[nH]n2c(=O)c(C3CCCC3)c(C)nc12. The maximum absolute atomic E-state index is 12.7. The average molecular weight is 289 g/mol. The summed E-state index contributed by atoms with van der Waals surface area (Å²) < 4.78 is 6.34. The zero-order valence-corrected chi connectivity index (χ0v) is 12.3. The van der Waals surface area contributed by atoms with Crippen LogP contribution in [0.2, 0.25) is 0 Å². The van der Waals surface area contributed by atoms with Gasteiger partial charge in [0.15, 0.2) is 5.65 Å². The Morgan fingerprint density at radius 1 is 1.48 bits per heavy atom. The molecule has 0 spiro atoms. The van der Waals surface area contributed by atoms with Gasteiger partial charge in [0, 0.05) is 17.5 Å². The number of fused-ring (bicyclic) bond motifs is 1. The van der Waals surface area contributed by atoms with Crippen molar-refractivity contribution in [1.29, 1.82) is 0 Å². The molecule has 112 valence electrons. The minimum absolute atomic E-state index is 0.0973. The lowest BCUT2D eigenvalue weighted by molar-refractivity contribution is 0.0528. The Kier molecular flexibility index (Phi) is 3.53. The zero-order valence-electron chi connectivity index (χ0n) is 12.3. The molecular weight excluding hydrogens is 270 g/mol. The van der Waals surface area contributed by atoms with Gasteiger partial charge in [-0.25, -0.2) is 14.3 Å². The molecule has 0 amide bonds. The van der Waals surface area contributed by atoms with E-state index in [4.69, 9.17) is 4.74 Å². The zero-order chi connectivity index (χ0) is 15.0. The van der Waals surface area contributed by atoms with E-state index in [1.165, 1.54) is 10.7 Å². The summed E-state index contributed by atoms with van der Waals surface area (Å²) in [6, 6.07) is 0. The lowest BCUT2D eigenvalue weighted by atomic mass is 9.97. The van der Waals surface area contributed by atoms with Crippen molar-refractivity contribution < 1.29 is 9.53 Å². The molecule has 3 rings (SSSR count). The molecule has 2 heterocycles. The fourth-order valence-corrected chi connectivity index (χ4v) is 3.18. The minimum Gasteiger partial charge on any atom is -0.462 e. The number of aromatic amines is 1. The molecule has 0 radical (unpaired) electrons. The number of aromatic nitrogens is 3. The third-order valence-electron chi connectivity index (χ3n) is 4.15. The van der Waals surface area contributed by atoms with E-state index in [2.05, 4.69) is 10.1 Å². The minimum atomic E-state index is -0.462. The van der Waals surface area contributed by atoms with Crippen LogP contribution in [0.15, 0.2) is 11.0 Å². The second-order valence-electron chi connectivity index (χ2n) is 5.46. The molecular formula is C15H19N3O3. The van der Waals surface area contributed by atoms with Crippen LogP contribution in [0, 0.1) is 6.92 Å². The molecule has 0 atom stereocenters. The summed E-state index contributed by atoms with van der Waals surface area (Å²) in [5.41, 5.74) is 2.05. The van der Waals surface area contributed by atoms with Crippen molar-refractivity contribution in [2.75, 3.05) is 6.61 Å². The van der Waals surface area contributed by atoms with Gasteiger partial charge >= 0.3 is 5.97 Å². The maximum atomic E-state index is 12.7. The lowest BCUT2D eigenvalue weighted by Gasteiger charge is -2.11. The first kappa shape index (κ1) is 13.9.